The van der Waals surface area contributed by atoms with Gasteiger partial charge in [-0.15, -0.1) is 0 Å². The standard InChI is InChI=1S/C10H19NO4/c1-5(2)7(12)10(14)15-8(6(3)4)9(11)13/h5-8,12H,1-4H3,(H2,11,13)/t7-,8-/m1/s1. The first-order chi connectivity index (χ1) is 6.77. The maximum Gasteiger partial charge on any atom is 0.336 e. The van der Waals surface area contributed by atoms with Crippen LogP contribution < -0.4 is 5.73 Å². The Hall–Kier alpha value is -1.10. The molecule has 0 aliphatic heterocycles. The molecule has 88 valence electrons. The summed E-state index contributed by atoms with van der Waals surface area (Å²) in [4.78, 5) is 22.3. The van der Waals surface area contributed by atoms with Gasteiger partial charge in [0.2, 0.25) is 0 Å². The molecule has 1 amide bonds. The molecule has 0 radical (unpaired) electrons. The zero-order valence-electron chi connectivity index (χ0n) is 9.56. The first-order valence-electron chi connectivity index (χ1n) is 4.95. The molecule has 0 saturated carbocycles. The smallest absolute Gasteiger partial charge is 0.336 e. The molecule has 0 aliphatic rings. The summed E-state index contributed by atoms with van der Waals surface area (Å²) in [6.45, 7) is 6.79. The number of aliphatic hydroxyl groups is 1. The van der Waals surface area contributed by atoms with Crippen LogP contribution in [-0.4, -0.2) is 29.2 Å². The zero-order valence-corrected chi connectivity index (χ0v) is 9.56. The molecular weight excluding hydrogens is 198 g/mol. The van der Waals surface area contributed by atoms with E-state index in [1.807, 2.05) is 0 Å². The van der Waals surface area contributed by atoms with Crippen LogP contribution in [0, 0.1) is 11.8 Å². The van der Waals surface area contributed by atoms with E-state index in [4.69, 9.17) is 10.5 Å². The molecule has 0 fully saturated rings. The normalized spacial score (nSPS) is 15.1. The monoisotopic (exact) mass is 217 g/mol. The van der Waals surface area contributed by atoms with Crippen molar-refractivity contribution in [3.8, 4) is 0 Å². The number of amides is 1. The van der Waals surface area contributed by atoms with Gasteiger partial charge in [0, 0.05) is 0 Å². The van der Waals surface area contributed by atoms with E-state index in [2.05, 4.69) is 0 Å². The second-order valence-corrected chi connectivity index (χ2v) is 4.19. The molecule has 2 atom stereocenters. The van der Waals surface area contributed by atoms with Gasteiger partial charge in [-0.3, -0.25) is 4.79 Å². The Bertz CT molecular complexity index is 238. The van der Waals surface area contributed by atoms with Crippen LogP contribution in [0.25, 0.3) is 0 Å². The minimum atomic E-state index is -1.22. The fourth-order valence-corrected chi connectivity index (χ4v) is 0.990. The molecule has 0 aromatic carbocycles. The molecule has 0 aliphatic carbocycles. The van der Waals surface area contributed by atoms with Gasteiger partial charge in [-0.2, -0.15) is 0 Å². The van der Waals surface area contributed by atoms with E-state index < -0.39 is 24.1 Å². The predicted octanol–water partition coefficient (Wildman–Crippen LogP) is 0.0564. The number of ether oxygens (including phenoxy) is 1. The van der Waals surface area contributed by atoms with Crippen LogP contribution in [0.3, 0.4) is 0 Å². The van der Waals surface area contributed by atoms with Crippen molar-refractivity contribution < 1.29 is 19.4 Å². The molecule has 0 heterocycles. The molecule has 0 spiro atoms. The van der Waals surface area contributed by atoms with Crippen molar-refractivity contribution in [2.45, 2.75) is 39.9 Å². The SMILES string of the molecule is CC(C)[C@@H](O)C(=O)O[C@@H](C(N)=O)C(C)C. The fourth-order valence-electron chi connectivity index (χ4n) is 0.990. The van der Waals surface area contributed by atoms with E-state index in [-0.39, 0.29) is 11.8 Å². The number of esters is 1. The first-order valence-corrected chi connectivity index (χ1v) is 4.95. The second-order valence-electron chi connectivity index (χ2n) is 4.19. The Kier molecular flexibility index (Phi) is 5.28. The third-order valence-electron chi connectivity index (χ3n) is 2.00. The number of aliphatic hydroxyl groups excluding tert-OH is 1. The highest BCUT2D eigenvalue weighted by Gasteiger charge is 2.28. The number of carbonyl (C=O) groups excluding carboxylic acids is 2. The minimum Gasteiger partial charge on any atom is -0.450 e. The predicted molar refractivity (Wildman–Crippen MR) is 54.8 cm³/mol. The van der Waals surface area contributed by atoms with Crippen LogP contribution in [0.4, 0.5) is 0 Å². The summed E-state index contributed by atoms with van der Waals surface area (Å²) in [5.74, 6) is -1.96. The summed E-state index contributed by atoms with van der Waals surface area (Å²) in [7, 11) is 0. The third-order valence-corrected chi connectivity index (χ3v) is 2.00. The largest absolute Gasteiger partial charge is 0.450 e. The average Bonchev–Trinajstić information content (AvgIpc) is 2.11. The Morgan fingerprint density at radius 3 is 1.87 bits per heavy atom. The summed E-state index contributed by atoms with van der Waals surface area (Å²) >= 11 is 0. The Morgan fingerprint density at radius 1 is 1.13 bits per heavy atom. The summed E-state index contributed by atoms with van der Waals surface area (Å²) in [5, 5.41) is 9.38. The van der Waals surface area contributed by atoms with E-state index in [0.29, 0.717) is 0 Å². The van der Waals surface area contributed by atoms with Gasteiger partial charge in [0.25, 0.3) is 5.91 Å². The molecule has 0 aromatic rings. The van der Waals surface area contributed by atoms with Crippen LogP contribution in [0.2, 0.25) is 0 Å². The van der Waals surface area contributed by atoms with Crippen molar-refractivity contribution in [1.29, 1.82) is 0 Å². The molecule has 3 N–H and O–H groups in total. The van der Waals surface area contributed by atoms with Crippen LogP contribution in [0.5, 0.6) is 0 Å². The van der Waals surface area contributed by atoms with Gasteiger partial charge in [0.1, 0.15) is 0 Å². The van der Waals surface area contributed by atoms with E-state index >= 15 is 0 Å². The molecule has 0 aromatic heterocycles. The maximum atomic E-state index is 11.3. The van der Waals surface area contributed by atoms with Crippen LogP contribution in [0.1, 0.15) is 27.7 Å². The average molecular weight is 217 g/mol. The number of nitrogens with two attached hydrogens (primary N) is 1. The van der Waals surface area contributed by atoms with Crippen LogP contribution in [-0.2, 0) is 14.3 Å². The lowest BCUT2D eigenvalue weighted by Crippen LogP contribution is -2.41. The number of hydrogen-bond donors (Lipinski definition) is 2. The van der Waals surface area contributed by atoms with Crippen molar-refractivity contribution in [2.75, 3.05) is 0 Å². The molecule has 5 nitrogen and oxygen atoms in total. The Morgan fingerprint density at radius 2 is 1.60 bits per heavy atom. The van der Waals surface area contributed by atoms with Gasteiger partial charge in [-0.25, -0.2) is 4.79 Å². The lowest BCUT2D eigenvalue weighted by atomic mass is 10.1. The molecular formula is C10H19NO4. The molecule has 15 heavy (non-hydrogen) atoms. The summed E-state index contributed by atoms with van der Waals surface area (Å²) in [6, 6.07) is 0. The topological polar surface area (TPSA) is 89.6 Å². The zero-order chi connectivity index (χ0) is 12.2. The van der Waals surface area contributed by atoms with Crippen molar-refractivity contribution in [3.05, 3.63) is 0 Å². The van der Waals surface area contributed by atoms with Gasteiger partial charge in [-0.1, -0.05) is 27.7 Å². The van der Waals surface area contributed by atoms with Crippen molar-refractivity contribution in [3.63, 3.8) is 0 Å². The molecule has 5 heteroatoms. The number of hydrogen-bond acceptors (Lipinski definition) is 4. The Balaban J connectivity index is 4.43. The number of primary amides is 1. The van der Waals surface area contributed by atoms with Crippen molar-refractivity contribution >= 4 is 11.9 Å². The third kappa shape index (κ3) is 4.29. The maximum absolute atomic E-state index is 11.3. The summed E-state index contributed by atoms with van der Waals surface area (Å²) in [6.07, 6.45) is -2.20. The van der Waals surface area contributed by atoms with Crippen molar-refractivity contribution in [1.82, 2.24) is 0 Å². The fraction of sp³-hybridized carbons (Fsp3) is 0.800. The number of carbonyl (C=O) groups is 2. The number of rotatable bonds is 5. The van der Waals surface area contributed by atoms with Crippen LogP contribution >= 0.6 is 0 Å². The summed E-state index contributed by atoms with van der Waals surface area (Å²) < 4.78 is 4.83. The molecule has 0 bridgehead atoms. The van der Waals surface area contributed by atoms with E-state index in [0.717, 1.165) is 0 Å². The molecule has 0 rings (SSSR count). The second kappa shape index (κ2) is 5.70. The van der Waals surface area contributed by atoms with Gasteiger partial charge in [0.15, 0.2) is 12.2 Å². The highest BCUT2D eigenvalue weighted by Crippen LogP contribution is 2.10. The van der Waals surface area contributed by atoms with E-state index in [1.165, 1.54) is 0 Å². The van der Waals surface area contributed by atoms with E-state index in [9.17, 15) is 14.7 Å². The van der Waals surface area contributed by atoms with Crippen molar-refractivity contribution in [2.24, 2.45) is 17.6 Å². The van der Waals surface area contributed by atoms with Gasteiger partial charge >= 0.3 is 5.97 Å². The first kappa shape index (κ1) is 13.9. The quantitative estimate of drug-likeness (QED) is 0.637. The minimum absolute atomic E-state index is 0.203. The van der Waals surface area contributed by atoms with Gasteiger partial charge in [-0.05, 0) is 11.8 Å². The van der Waals surface area contributed by atoms with Crippen LogP contribution in [0.15, 0.2) is 0 Å². The van der Waals surface area contributed by atoms with Gasteiger partial charge in [0.05, 0.1) is 0 Å². The highest BCUT2D eigenvalue weighted by molar-refractivity contribution is 5.83. The lowest BCUT2D eigenvalue weighted by Gasteiger charge is -2.21. The van der Waals surface area contributed by atoms with E-state index in [1.54, 1.807) is 27.7 Å². The summed E-state index contributed by atoms with van der Waals surface area (Å²) in [5.41, 5.74) is 5.06. The molecule has 0 saturated heterocycles. The molecule has 0 unspecified atom stereocenters. The highest BCUT2D eigenvalue weighted by atomic mass is 16.6. The Labute approximate surface area is 89.6 Å². The van der Waals surface area contributed by atoms with Gasteiger partial charge < -0.3 is 15.6 Å². The lowest BCUT2D eigenvalue weighted by molar-refractivity contribution is -0.167.